The van der Waals surface area contributed by atoms with Gasteiger partial charge in [0.25, 0.3) is 0 Å². The third kappa shape index (κ3) is 7.67. The Morgan fingerprint density at radius 3 is 1.04 bits per heavy atom. The zero-order valence-corrected chi connectivity index (χ0v) is 38.9. The first-order chi connectivity index (χ1) is 34.7. The second-order valence-electron chi connectivity index (χ2n) is 17.7. The zero-order valence-electron chi connectivity index (χ0n) is 38.1. The van der Waals surface area contributed by atoms with Crippen molar-refractivity contribution < 1.29 is 4.42 Å². The topological polar surface area (TPSA) is 19.6 Å². The van der Waals surface area contributed by atoms with Crippen LogP contribution in [-0.4, -0.2) is 0 Å². The van der Waals surface area contributed by atoms with Gasteiger partial charge in [0.05, 0.1) is 0 Å². The smallest absolute Gasteiger partial charge is 0.135 e. The average molecular weight is 913 g/mol. The summed E-state index contributed by atoms with van der Waals surface area (Å²) in [5.41, 5.74) is 17.9. The molecule has 0 atom stereocenters. The van der Waals surface area contributed by atoms with Gasteiger partial charge in [-0.15, -0.1) is 11.3 Å². The van der Waals surface area contributed by atoms with Crippen LogP contribution in [0.2, 0.25) is 0 Å². The first-order valence-electron chi connectivity index (χ1n) is 23.7. The van der Waals surface area contributed by atoms with E-state index in [0.29, 0.717) is 0 Å². The predicted octanol–water partition coefficient (Wildman–Crippen LogP) is 19.6. The molecule has 0 amide bonds. The minimum Gasteiger partial charge on any atom is -0.456 e. The molecule has 2 aromatic heterocycles. The minimum absolute atomic E-state index is 0.890. The van der Waals surface area contributed by atoms with Crippen LogP contribution in [0.3, 0.4) is 0 Å². The van der Waals surface area contributed by atoms with Gasteiger partial charge in [-0.1, -0.05) is 170 Å². The van der Waals surface area contributed by atoms with Gasteiger partial charge in [0.2, 0.25) is 0 Å². The summed E-state index contributed by atoms with van der Waals surface area (Å²) in [5, 5.41) is 4.83. The number of rotatable bonds is 10. The average Bonchev–Trinajstić information content (AvgIpc) is 4.00. The van der Waals surface area contributed by atoms with Crippen molar-refractivity contribution >= 4 is 87.6 Å². The van der Waals surface area contributed by atoms with E-state index in [1.807, 2.05) is 23.5 Å². The minimum atomic E-state index is 0.890. The summed E-state index contributed by atoms with van der Waals surface area (Å²) in [5.74, 6) is 0. The summed E-state index contributed by atoms with van der Waals surface area (Å²) >= 11 is 1.85. The van der Waals surface area contributed by atoms with E-state index in [0.717, 1.165) is 56.1 Å². The Morgan fingerprint density at radius 1 is 0.229 bits per heavy atom. The molecule has 0 aliphatic carbocycles. The van der Waals surface area contributed by atoms with E-state index in [-0.39, 0.29) is 0 Å². The van der Waals surface area contributed by atoms with Crippen LogP contribution in [-0.2, 0) is 0 Å². The molecule has 13 aromatic rings. The largest absolute Gasteiger partial charge is 0.456 e. The standard InChI is InChI=1S/C66H44N2OS/c1-3-11-53(12-4-1)67(57-39-41-64-61(43-57)59-15-7-9-17-63(59)69-64)55-35-31-51(32-36-55)49-27-23-47(24-28-49)45-19-21-46(22-20-45)48-25-29-50(30-26-48)52-33-37-56(38-34-52)68(54-13-5-2-6-14-54)58-40-42-66-62(44-58)60-16-8-10-18-65(60)70-66/h1-44H. The molecule has 0 bridgehead atoms. The molecule has 0 radical (unpaired) electrons. The van der Waals surface area contributed by atoms with Gasteiger partial charge >= 0.3 is 0 Å². The summed E-state index contributed by atoms with van der Waals surface area (Å²) in [6, 6.07) is 95.9. The molecule has 0 aliphatic rings. The number of hydrogen-bond donors (Lipinski definition) is 0. The molecule has 4 heteroatoms. The molecular formula is C66H44N2OS. The quantitative estimate of drug-likeness (QED) is 0.136. The monoisotopic (exact) mass is 912 g/mol. The van der Waals surface area contributed by atoms with E-state index in [4.69, 9.17) is 4.42 Å². The highest BCUT2D eigenvalue weighted by atomic mass is 32.1. The van der Waals surface area contributed by atoms with Gasteiger partial charge in [-0.25, -0.2) is 0 Å². The first kappa shape index (κ1) is 41.2. The van der Waals surface area contributed by atoms with Gasteiger partial charge in [0.1, 0.15) is 11.2 Å². The molecule has 0 saturated carbocycles. The van der Waals surface area contributed by atoms with E-state index >= 15 is 0 Å². The molecule has 13 rings (SSSR count). The lowest BCUT2D eigenvalue weighted by Gasteiger charge is -2.26. The molecule has 0 aliphatic heterocycles. The lowest BCUT2D eigenvalue weighted by atomic mass is 9.97. The van der Waals surface area contributed by atoms with Crippen molar-refractivity contribution in [3.8, 4) is 44.5 Å². The van der Waals surface area contributed by atoms with Crippen LogP contribution in [0, 0.1) is 0 Å². The van der Waals surface area contributed by atoms with Crippen molar-refractivity contribution in [3.05, 3.63) is 267 Å². The van der Waals surface area contributed by atoms with Crippen molar-refractivity contribution in [3.63, 3.8) is 0 Å². The highest BCUT2D eigenvalue weighted by Crippen LogP contribution is 2.42. The third-order valence-corrected chi connectivity index (χ3v) is 14.7. The molecule has 330 valence electrons. The van der Waals surface area contributed by atoms with Gasteiger partial charge in [0.15, 0.2) is 0 Å². The summed E-state index contributed by atoms with van der Waals surface area (Å²) in [6.07, 6.45) is 0. The van der Waals surface area contributed by atoms with Gasteiger partial charge in [-0.05, 0) is 142 Å². The first-order valence-corrected chi connectivity index (χ1v) is 24.5. The molecule has 0 spiro atoms. The fraction of sp³-hybridized carbons (Fsp3) is 0. The van der Waals surface area contributed by atoms with E-state index < -0.39 is 0 Å². The lowest BCUT2D eigenvalue weighted by molar-refractivity contribution is 0.669. The van der Waals surface area contributed by atoms with Crippen LogP contribution in [0.5, 0.6) is 0 Å². The zero-order chi connectivity index (χ0) is 46.4. The summed E-state index contributed by atoms with van der Waals surface area (Å²) in [6.45, 7) is 0. The van der Waals surface area contributed by atoms with Crippen molar-refractivity contribution in [2.75, 3.05) is 9.80 Å². The molecule has 0 saturated heterocycles. The van der Waals surface area contributed by atoms with E-state index in [2.05, 4.69) is 265 Å². The van der Waals surface area contributed by atoms with Gasteiger partial charge in [0, 0.05) is 65.1 Å². The van der Waals surface area contributed by atoms with Crippen molar-refractivity contribution in [1.29, 1.82) is 0 Å². The molecular weight excluding hydrogens is 869 g/mol. The SMILES string of the molecule is c1ccc(N(c2ccc(-c3ccc(-c4ccc(-c5ccc(-c6ccc(N(c7ccccc7)c7ccc8sc9ccccc9c8c7)cc6)cc5)cc4)cc3)cc2)c2ccc3oc4ccccc4c3c2)cc1. The number of benzene rings is 11. The Morgan fingerprint density at radius 2 is 0.557 bits per heavy atom. The predicted molar refractivity (Wildman–Crippen MR) is 298 cm³/mol. The molecule has 3 nitrogen and oxygen atoms in total. The summed E-state index contributed by atoms with van der Waals surface area (Å²) in [7, 11) is 0. The fourth-order valence-corrected chi connectivity index (χ4v) is 11.0. The molecule has 0 fully saturated rings. The van der Waals surface area contributed by atoms with Crippen molar-refractivity contribution in [2.45, 2.75) is 0 Å². The van der Waals surface area contributed by atoms with Gasteiger partial charge in [-0.3, -0.25) is 0 Å². The van der Waals surface area contributed by atoms with E-state index in [1.165, 1.54) is 64.7 Å². The Balaban J connectivity index is 0.707. The molecule has 70 heavy (non-hydrogen) atoms. The van der Waals surface area contributed by atoms with Gasteiger partial charge in [-0.2, -0.15) is 0 Å². The molecule has 0 N–H and O–H groups in total. The summed E-state index contributed by atoms with van der Waals surface area (Å²) < 4.78 is 8.78. The highest BCUT2D eigenvalue weighted by Gasteiger charge is 2.17. The van der Waals surface area contributed by atoms with Crippen LogP contribution in [0.25, 0.3) is 86.6 Å². The van der Waals surface area contributed by atoms with Crippen LogP contribution >= 0.6 is 11.3 Å². The second-order valence-corrected chi connectivity index (χ2v) is 18.8. The fourth-order valence-electron chi connectivity index (χ4n) is 9.93. The van der Waals surface area contributed by atoms with Crippen molar-refractivity contribution in [2.24, 2.45) is 0 Å². The van der Waals surface area contributed by atoms with Crippen LogP contribution in [0.4, 0.5) is 34.1 Å². The number of anilines is 6. The Hall–Kier alpha value is -8.96. The maximum atomic E-state index is 6.16. The third-order valence-electron chi connectivity index (χ3n) is 13.5. The number of furan rings is 1. The van der Waals surface area contributed by atoms with Crippen LogP contribution < -0.4 is 9.80 Å². The number of nitrogens with zero attached hydrogens (tertiary/aromatic N) is 2. The Kier molecular flexibility index (Phi) is 10.4. The summed E-state index contributed by atoms with van der Waals surface area (Å²) in [4.78, 5) is 4.65. The van der Waals surface area contributed by atoms with Gasteiger partial charge < -0.3 is 14.2 Å². The van der Waals surface area contributed by atoms with Crippen LogP contribution in [0.15, 0.2) is 271 Å². The van der Waals surface area contributed by atoms with E-state index in [1.54, 1.807) is 0 Å². The normalized spacial score (nSPS) is 11.4. The van der Waals surface area contributed by atoms with Crippen LogP contribution in [0.1, 0.15) is 0 Å². The van der Waals surface area contributed by atoms with E-state index in [9.17, 15) is 0 Å². The number of para-hydroxylation sites is 3. The number of thiophene rings is 1. The number of fused-ring (bicyclic) bond motifs is 6. The maximum Gasteiger partial charge on any atom is 0.135 e. The maximum absolute atomic E-state index is 6.16. The highest BCUT2D eigenvalue weighted by molar-refractivity contribution is 7.25. The lowest BCUT2D eigenvalue weighted by Crippen LogP contribution is -2.09. The molecule has 11 aromatic carbocycles. The second kappa shape index (κ2) is 17.6. The van der Waals surface area contributed by atoms with Crippen molar-refractivity contribution in [1.82, 2.24) is 0 Å². The molecule has 2 heterocycles. The Labute approximate surface area is 411 Å². The number of hydrogen-bond acceptors (Lipinski definition) is 4. The Bertz CT molecular complexity index is 3690. The molecule has 0 unspecified atom stereocenters.